The van der Waals surface area contributed by atoms with Gasteiger partial charge in [0.2, 0.25) is 0 Å². The van der Waals surface area contributed by atoms with Gasteiger partial charge in [-0.05, 0) is 76.7 Å². The zero-order valence-electron chi connectivity index (χ0n) is 26.5. The molecular formula is C46H29NOS. The first-order chi connectivity index (χ1) is 24.3. The summed E-state index contributed by atoms with van der Waals surface area (Å²) in [7, 11) is 0. The molecule has 0 N–H and O–H groups in total. The lowest BCUT2D eigenvalue weighted by Gasteiger charge is -2.25. The molecule has 0 saturated heterocycles. The average Bonchev–Trinajstić information content (AvgIpc) is 3.74. The van der Waals surface area contributed by atoms with E-state index in [0.717, 1.165) is 50.1 Å². The molecule has 0 fully saturated rings. The van der Waals surface area contributed by atoms with Gasteiger partial charge in [-0.2, -0.15) is 0 Å². The van der Waals surface area contributed by atoms with Gasteiger partial charge in [-0.15, -0.1) is 11.3 Å². The van der Waals surface area contributed by atoms with Crippen LogP contribution in [0, 0.1) is 0 Å². The molecule has 230 valence electrons. The van der Waals surface area contributed by atoms with E-state index < -0.39 is 0 Å². The van der Waals surface area contributed by atoms with E-state index in [1.165, 1.54) is 42.1 Å². The highest BCUT2D eigenvalue weighted by Gasteiger charge is 2.18. The molecule has 49 heavy (non-hydrogen) atoms. The Morgan fingerprint density at radius 2 is 1.00 bits per heavy atom. The van der Waals surface area contributed by atoms with Crippen molar-refractivity contribution < 1.29 is 4.42 Å². The summed E-state index contributed by atoms with van der Waals surface area (Å²) in [5.74, 6) is 0. The molecule has 0 spiro atoms. The number of fused-ring (bicyclic) bond motifs is 8. The maximum Gasteiger partial charge on any atom is 0.143 e. The van der Waals surface area contributed by atoms with Gasteiger partial charge < -0.3 is 9.32 Å². The highest BCUT2D eigenvalue weighted by atomic mass is 32.1. The summed E-state index contributed by atoms with van der Waals surface area (Å²) in [5.41, 5.74) is 9.96. The Balaban J connectivity index is 1.13. The number of hydrogen-bond donors (Lipinski definition) is 0. The number of anilines is 3. The van der Waals surface area contributed by atoms with Crippen LogP contribution in [0.15, 0.2) is 180 Å². The van der Waals surface area contributed by atoms with Crippen LogP contribution in [0.4, 0.5) is 17.1 Å². The number of hydrogen-bond acceptors (Lipinski definition) is 3. The van der Waals surface area contributed by atoms with E-state index in [-0.39, 0.29) is 0 Å². The molecule has 0 unspecified atom stereocenters. The van der Waals surface area contributed by atoms with Gasteiger partial charge in [-0.25, -0.2) is 0 Å². The van der Waals surface area contributed by atoms with Crippen molar-refractivity contribution in [1.82, 2.24) is 0 Å². The van der Waals surface area contributed by atoms with Crippen molar-refractivity contribution >= 4 is 81.3 Å². The summed E-state index contributed by atoms with van der Waals surface area (Å²) in [4.78, 5) is 2.34. The lowest BCUT2D eigenvalue weighted by molar-refractivity contribution is 0.670. The summed E-state index contributed by atoms with van der Waals surface area (Å²) in [6.07, 6.45) is 0. The molecule has 0 aliphatic heterocycles. The minimum atomic E-state index is 0.920. The van der Waals surface area contributed by atoms with Crippen molar-refractivity contribution in [2.75, 3.05) is 4.90 Å². The Morgan fingerprint density at radius 1 is 0.388 bits per heavy atom. The Labute approximate surface area is 287 Å². The summed E-state index contributed by atoms with van der Waals surface area (Å²) in [6, 6.07) is 63.1. The van der Waals surface area contributed by atoms with Crippen molar-refractivity contribution in [3.8, 4) is 22.3 Å². The maximum absolute atomic E-state index is 6.37. The fourth-order valence-corrected chi connectivity index (χ4v) is 8.57. The van der Waals surface area contributed by atoms with Crippen molar-refractivity contribution in [3.05, 3.63) is 176 Å². The fraction of sp³-hybridized carbons (Fsp3) is 0. The summed E-state index contributed by atoms with van der Waals surface area (Å²) >= 11 is 1.88. The number of benzene rings is 8. The molecule has 3 heteroatoms. The first-order valence-corrected chi connectivity index (χ1v) is 17.4. The van der Waals surface area contributed by atoms with Crippen molar-refractivity contribution in [2.24, 2.45) is 0 Å². The van der Waals surface area contributed by atoms with Gasteiger partial charge >= 0.3 is 0 Å². The number of furan rings is 1. The van der Waals surface area contributed by atoms with Crippen molar-refractivity contribution in [2.45, 2.75) is 0 Å². The standard InChI is InChI=1S/C46H29NOS/c1-3-12-32(13-4-1)47(33-14-5-2-6-15-33)34-26-27-44-41(28-34)42-29-40(36-16-7-8-18-39(36)46(42)49-44)31-24-22-30(23-25-31)35-19-11-20-38-37-17-9-10-21-43(37)48-45(35)38/h1-29H. The van der Waals surface area contributed by atoms with Gasteiger partial charge in [-0.1, -0.05) is 121 Å². The zero-order valence-corrected chi connectivity index (χ0v) is 27.3. The largest absolute Gasteiger partial charge is 0.455 e. The molecule has 0 amide bonds. The second kappa shape index (κ2) is 11.2. The molecule has 0 aliphatic rings. The maximum atomic E-state index is 6.37. The van der Waals surface area contributed by atoms with Gasteiger partial charge in [0, 0.05) is 59.0 Å². The van der Waals surface area contributed by atoms with Gasteiger partial charge in [0.05, 0.1) is 0 Å². The van der Waals surface area contributed by atoms with E-state index in [4.69, 9.17) is 4.42 Å². The van der Waals surface area contributed by atoms with Crippen LogP contribution in [0.25, 0.3) is 75.1 Å². The van der Waals surface area contributed by atoms with Crippen LogP contribution >= 0.6 is 11.3 Å². The predicted molar refractivity (Wildman–Crippen MR) is 210 cm³/mol. The topological polar surface area (TPSA) is 16.4 Å². The van der Waals surface area contributed by atoms with Gasteiger partial charge in [-0.3, -0.25) is 0 Å². The molecule has 2 heterocycles. The minimum Gasteiger partial charge on any atom is -0.455 e. The van der Waals surface area contributed by atoms with Gasteiger partial charge in [0.15, 0.2) is 0 Å². The highest BCUT2D eigenvalue weighted by molar-refractivity contribution is 7.26. The highest BCUT2D eigenvalue weighted by Crippen LogP contribution is 2.45. The van der Waals surface area contributed by atoms with Crippen LogP contribution in [0.2, 0.25) is 0 Å². The summed E-state index contributed by atoms with van der Waals surface area (Å²) in [6.45, 7) is 0. The number of thiophene rings is 1. The van der Waals surface area contributed by atoms with E-state index in [2.05, 4.69) is 169 Å². The van der Waals surface area contributed by atoms with Crippen LogP contribution in [0.3, 0.4) is 0 Å². The third-order valence-corrected chi connectivity index (χ3v) is 10.9. The quantitative estimate of drug-likeness (QED) is 0.186. The number of rotatable bonds is 5. The second-order valence-corrected chi connectivity index (χ2v) is 13.5. The second-order valence-electron chi connectivity index (χ2n) is 12.5. The first kappa shape index (κ1) is 27.9. The van der Waals surface area contributed by atoms with E-state index in [1.807, 2.05) is 23.5 Å². The van der Waals surface area contributed by atoms with Crippen LogP contribution in [0.1, 0.15) is 0 Å². The van der Waals surface area contributed by atoms with Crippen LogP contribution < -0.4 is 4.90 Å². The molecule has 0 radical (unpaired) electrons. The van der Waals surface area contributed by atoms with Crippen LogP contribution in [0.5, 0.6) is 0 Å². The monoisotopic (exact) mass is 643 g/mol. The fourth-order valence-electron chi connectivity index (χ4n) is 7.37. The molecule has 0 atom stereocenters. The first-order valence-electron chi connectivity index (χ1n) is 16.6. The lowest BCUT2D eigenvalue weighted by atomic mass is 9.94. The molecule has 0 aliphatic carbocycles. The minimum absolute atomic E-state index is 0.920. The van der Waals surface area contributed by atoms with E-state index in [0.29, 0.717) is 0 Å². The third kappa shape index (κ3) is 4.55. The summed E-state index contributed by atoms with van der Waals surface area (Å²) in [5, 5.41) is 7.41. The molecule has 2 aromatic heterocycles. The molecular weight excluding hydrogens is 615 g/mol. The molecule has 10 rings (SSSR count). The third-order valence-electron chi connectivity index (χ3n) is 9.66. The normalized spacial score (nSPS) is 11.7. The van der Waals surface area contributed by atoms with Gasteiger partial charge in [0.25, 0.3) is 0 Å². The predicted octanol–water partition coefficient (Wildman–Crippen LogP) is 13.9. The Hall–Kier alpha value is -6.16. The van der Waals surface area contributed by atoms with Crippen LogP contribution in [-0.4, -0.2) is 0 Å². The average molecular weight is 644 g/mol. The zero-order chi connectivity index (χ0) is 32.3. The molecule has 8 aromatic carbocycles. The van der Waals surface area contributed by atoms with Gasteiger partial charge in [0.1, 0.15) is 11.2 Å². The number of nitrogens with zero attached hydrogens (tertiary/aromatic N) is 1. The molecule has 0 bridgehead atoms. The lowest BCUT2D eigenvalue weighted by Crippen LogP contribution is -2.09. The van der Waals surface area contributed by atoms with Crippen molar-refractivity contribution in [3.63, 3.8) is 0 Å². The summed E-state index contributed by atoms with van der Waals surface area (Å²) < 4.78 is 8.98. The van der Waals surface area contributed by atoms with Crippen LogP contribution in [-0.2, 0) is 0 Å². The smallest absolute Gasteiger partial charge is 0.143 e. The SMILES string of the molecule is c1ccc(N(c2ccccc2)c2ccc3sc4c5ccccc5c(-c5ccc(-c6cccc7c6oc6ccccc67)cc5)cc4c3c2)cc1. The van der Waals surface area contributed by atoms with E-state index in [1.54, 1.807) is 0 Å². The number of para-hydroxylation sites is 4. The Morgan fingerprint density at radius 3 is 1.73 bits per heavy atom. The Bertz CT molecular complexity index is 2770. The molecule has 10 aromatic rings. The molecule has 0 saturated carbocycles. The van der Waals surface area contributed by atoms with Crippen molar-refractivity contribution in [1.29, 1.82) is 0 Å². The van der Waals surface area contributed by atoms with E-state index >= 15 is 0 Å². The van der Waals surface area contributed by atoms with E-state index in [9.17, 15) is 0 Å². The molecule has 2 nitrogen and oxygen atoms in total. The Kier molecular flexibility index (Phi) is 6.39.